The van der Waals surface area contributed by atoms with Crippen LogP contribution < -0.4 is 11.1 Å². The third kappa shape index (κ3) is 3.57. The maximum absolute atomic E-state index is 5.50. The van der Waals surface area contributed by atoms with Gasteiger partial charge in [-0.1, -0.05) is 29.8 Å². The number of nitrogens with one attached hydrogen (secondary N) is 1. The Hall–Kier alpha value is -0.860. The van der Waals surface area contributed by atoms with Gasteiger partial charge < -0.3 is 11.1 Å². The molecule has 13 heavy (non-hydrogen) atoms. The standard InChI is InChI=1S/C11H18N2/c1-9-3-5-11(6-4-9)8-13-10(2)7-12/h3-6,10,13H,7-8,12H2,1-2H3. The molecule has 0 saturated carbocycles. The first-order valence-corrected chi connectivity index (χ1v) is 4.71. The summed E-state index contributed by atoms with van der Waals surface area (Å²) in [7, 11) is 0. The molecule has 3 N–H and O–H groups in total. The van der Waals surface area contributed by atoms with Gasteiger partial charge in [0.1, 0.15) is 0 Å². The minimum atomic E-state index is 0.390. The molecule has 0 aliphatic heterocycles. The molecular formula is C11H18N2. The van der Waals surface area contributed by atoms with Crippen molar-refractivity contribution in [2.45, 2.75) is 26.4 Å². The largest absolute Gasteiger partial charge is 0.329 e. The molecule has 0 saturated heterocycles. The third-order valence-electron chi connectivity index (χ3n) is 2.13. The first-order valence-electron chi connectivity index (χ1n) is 4.71. The van der Waals surface area contributed by atoms with Gasteiger partial charge in [-0.25, -0.2) is 0 Å². The lowest BCUT2D eigenvalue weighted by Crippen LogP contribution is -2.32. The maximum atomic E-state index is 5.50. The molecular weight excluding hydrogens is 160 g/mol. The zero-order valence-corrected chi connectivity index (χ0v) is 8.38. The summed E-state index contributed by atoms with van der Waals surface area (Å²) in [4.78, 5) is 0. The monoisotopic (exact) mass is 178 g/mol. The van der Waals surface area contributed by atoms with Crippen molar-refractivity contribution in [3.8, 4) is 0 Å². The van der Waals surface area contributed by atoms with Crippen molar-refractivity contribution in [2.75, 3.05) is 6.54 Å². The van der Waals surface area contributed by atoms with Crippen LogP contribution in [-0.4, -0.2) is 12.6 Å². The van der Waals surface area contributed by atoms with Crippen LogP contribution in [0.25, 0.3) is 0 Å². The average Bonchev–Trinajstić information content (AvgIpc) is 2.16. The zero-order valence-electron chi connectivity index (χ0n) is 8.38. The highest BCUT2D eigenvalue weighted by atomic mass is 14.9. The number of benzene rings is 1. The Morgan fingerprint density at radius 1 is 1.31 bits per heavy atom. The van der Waals surface area contributed by atoms with E-state index in [1.807, 2.05) is 0 Å². The van der Waals surface area contributed by atoms with E-state index in [4.69, 9.17) is 5.73 Å². The molecule has 0 fully saturated rings. The molecule has 1 atom stereocenters. The lowest BCUT2D eigenvalue weighted by atomic mass is 10.1. The van der Waals surface area contributed by atoms with Gasteiger partial charge in [0.05, 0.1) is 0 Å². The normalized spacial score (nSPS) is 12.8. The summed E-state index contributed by atoms with van der Waals surface area (Å²) in [5.41, 5.74) is 8.11. The van der Waals surface area contributed by atoms with Crippen LogP contribution in [0, 0.1) is 6.92 Å². The average molecular weight is 178 g/mol. The molecule has 1 unspecified atom stereocenters. The van der Waals surface area contributed by atoms with Crippen molar-refractivity contribution in [1.82, 2.24) is 5.32 Å². The molecule has 1 aromatic carbocycles. The molecule has 0 aliphatic rings. The van der Waals surface area contributed by atoms with Gasteiger partial charge in [-0.05, 0) is 19.4 Å². The molecule has 0 amide bonds. The smallest absolute Gasteiger partial charge is 0.0208 e. The molecule has 0 radical (unpaired) electrons. The Morgan fingerprint density at radius 2 is 1.92 bits per heavy atom. The Kier molecular flexibility index (Phi) is 3.93. The lowest BCUT2D eigenvalue weighted by molar-refractivity contribution is 0.556. The van der Waals surface area contributed by atoms with E-state index in [0.717, 1.165) is 6.54 Å². The van der Waals surface area contributed by atoms with Crippen molar-refractivity contribution in [1.29, 1.82) is 0 Å². The first-order chi connectivity index (χ1) is 6.22. The van der Waals surface area contributed by atoms with Gasteiger partial charge in [0.25, 0.3) is 0 Å². The minimum absolute atomic E-state index is 0.390. The van der Waals surface area contributed by atoms with E-state index in [-0.39, 0.29) is 0 Å². The van der Waals surface area contributed by atoms with Gasteiger partial charge in [0.15, 0.2) is 0 Å². The summed E-state index contributed by atoms with van der Waals surface area (Å²) in [6, 6.07) is 8.94. The van der Waals surface area contributed by atoms with E-state index in [9.17, 15) is 0 Å². The van der Waals surface area contributed by atoms with E-state index in [0.29, 0.717) is 12.6 Å². The molecule has 2 nitrogen and oxygen atoms in total. The molecule has 0 spiro atoms. The van der Waals surface area contributed by atoms with E-state index >= 15 is 0 Å². The molecule has 72 valence electrons. The number of hydrogen-bond acceptors (Lipinski definition) is 2. The van der Waals surface area contributed by atoms with Crippen molar-refractivity contribution < 1.29 is 0 Å². The zero-order chi connectivity index (χ0) is 9.68. The number of hydrogen-bond donors (Lipinski definition) is 2. The molecule has 0 aliphatic carbocycles. The van der Waals surface area contributed by atoms with Crippen molar-refractivity contribution in [3.63, 3.8) is 0 Å². The van der Waals surface area contributed by atoms with Gasteiger partial charge in [-0.3, -0.25) is 0 Å². The van der Waals surface area contributed by atoms with Crippen LogP contribution in [0.3, 0.4) is 0 Å². The van der Waals surface area contributed by atoms with Crippen LogP contribution in [0.2, 0.25) is 0 Å². The van der Waals surface area contributed by atoms with E-state index in [2.05, 4.69) is 43.4 Å². The fourth-order valence-electron chi connectivity index (χ4n) is 1.08. The second-order valence-corrected chi connectivity index (χ2v) is 3.50. The van der Waals surface area contributed by atoms with Crippen LogP contribution >= 0.6 is 0 Å². The molecule has 0 bridgehead atoms. The fourth-order valence-corrected chi connectivity index (χ4v) is 1.08. The Morgan fingerprint density at radius 3 is 2.46 bits per heavy atom. The van der Waals surface area contributed by atoms with Gasteiger partial charge in [-0.15, -0.1) is 0 Å². The highest BCUT2D eigenvalue weighted by Crippen LogP contribution is 2.02. The van der Waals surface area contributed by atoms with Crippen LogP contribution in [0.15, 0.2) is 24.3 Å². The van der Waals surface area contributed by atoms with Crippen LogP contribution in [0.4, 0.5) is 0 Å². The van der Waals surface area contributed by atoms with E-state index in [1.54, 1.807) is 0 Å². The van der Waals surface area contributed by atoms with Gasteiger partial charge in [-0.2, -0.15) is 0 Å². The van der Waals surface area contributed by atoms with Crippen LogP contribution in [0.5, 0.6) is 0 Å². The predicted octanol–water partition coefficient (Wildman–Crippen LogP) is 1.43. The summed E-state index contributed by atoms with van der Waals surface area (Å²) in [5, 5.41) is 3.34. The van der Waals surface area contributed by atoms with Crippen molar-refractivity contribution >= 4 is 0 Å². The van der Waals surface area contributed by atoms with Gasteiger partial charge in [0, 0.05) is 19.1 Å². The Bertz CT molecular complexity index is 241. The van der Waals surface area contributed by atoms with Crippen molar-refractivity contribution in [3.05, 3.63) is 35.4 Å². The van der Waals surface area contributed by atoms with Crippen molar-refractivity contribution in [2.24, 2.45) is 5.73 Å². The lowest BCUT2D eigenvalue weighted by Gasteiger charge is -2.10. The predicted molar refractivity (Wildman–Crippen MR) is 56.5 cm³/mol. The van der Waals surface area contributed by atoms with E-state index in [1.165, 1.54) is 11.1 Å². The number of rotatable bonds is 4. The number of nitrogens with two attached hydrogens (primary N) is 1. The summed E-state index contributed by atoms with van der Waals surface area (Å²) in [6.07, 6.45) is 0. The summed E-state index contributed by atoms with van der Waals surface area (Å²) < 4.78 is 0. The van der Waals surface area contributed by atoms with Crippen LogP contribution in [0.1, 0.15) is 18.1 Å². The highest BCUT2D eigenvalue weighted by molar-refractivity contribution is 5.21. The van der Waals surface area contributed by atoms with Gasteiger partial charge >= 0.3 is 0 Å². The molecule has 1 aromatic rings. The summed E-state index contributed by atoms with van der Waals surface area (Å²) in [6.45, 7) is 5.78. The topological polar surface area (TPSA) is 38.0 Å². The van der Waals surface area contributed by atoms with E-state index < -0.39 is 0 Å². The molecule has 2 heteroatoms. The first kappa shape index (κ1) is 10.2. The quantitative estimate of drug-likeness (QED) is 0.732. The SMILES string of the molecule is Cc1ccc(CNC(C)CN)cc1. The molecule has 0 heterocycles. The van der Waals surface area contributed by atoms with Crippen LogP contribution in [-0.2, 0) is 6.54 Å². The maximum Gasteiger partial charge on any atom is 0.0208 e. The Labute approximate surface area is 80.1 Å². The third-order valence-corrected chi connectivity index (χ3v) is 2.13. The molecule has 0 aromatic heterocycles. The second-order valence-electron chi connectivity index (χ2n) is 3.50. The molecule has 1 rings (SSSR count). The summed E-state index contributed by atoms with van der Waals surface area (Å²) in [5.74, 6) is 0. The highest BCUT2D eigenvalue weighted by Gasteiger charge is 1.97. The number of aryl methyl sites for hydroxylation is 1. The Balaban J connectivity index is 2.41. The minimum Gasteiger partial charge on any atom is -0.329 e. The second kappa shape index (κ2) is 5.00. The van der Waals surface area contributed by atoms with Gasteiger partial charge in [0.2, 0.25) is 0 Å². The fraction of sp³-hybridized carbons (Fsp3) is 0.455. The summed E-state index contributed by atoms with van der Waals surface area (Å²) >= 11 is 0.